The van der Waals surface area contributed by atoms with Crippen LogP contribution in [0.25, 0.3) is 0 Å². The van der Waals surface area contributed by atoms with Gasteiger partial charge in [-0.1, -0.05) is 41.7 Å². The summed E-state index contributed by atoms with van der Waals surface area (Å²) < 4.78 is 0. The van der Waals surface area contributed by atoms with Crippen molar-refractivity contribution in [1.82, 2.24) is 10.2 Å². The van der Waals surface area contributed by atoms with Crippen molar-refractivity contribution < 1.29 is 9.90 Å². The van der Waals surface area contributed by atoms with Crippen molar-refractivity contribution >= 4 is 22.4 Å². The molecule has 0 saturated carbocycles. The number of benzene rings is 1. The normalized spacial score (nSPS) is 12.1. The van der Waals surface area contributed by atoms with Crippen LogP contribution in [-0.2, 0) is 4.79 Å². The Labute approximate surface area is 109 Å². The summed E-state index contributed by atoms with van der Waals surface area (Å²) in [7, 11) is 0. The van der Waals surface area contributed by atoms with Crippen LogP contribution < -0.4 is 5.32 Å². The molecule has 0 saturated heterocycles. The lowest BCUT2D eigenvalue weighted by Crippen LogP contribution is -2.15. The number of rotatable bonds is 4. The maximum atomic E-state index is 11.7. The quantitative estimate of drug-likeness (QED) is 0.883. The SMILES string of the molecule is Cc1nnc(NC(=O)CC(O)c2ccccc2)s1. The maximum absolute atomic E-state index is 11.7. The van der Waals surface area contributed by atoms with Gasteiger partial charge < -0.3 is 10.4 Å². The Morgan fingerprint density at radius 1 is 1.39 bits per heavy atom. The summed E-state index contributed by atoms with van der Waals surface area (Å²) in [5, 5.41) is 21.3. The van der Waals surface area contributed by atoms with Gasteiger partial charge in [0.1, 0.15) is 5.01 Å². The Hall–Kier alpha value is -1.79. The molecule has 1 aromatic carbocycles. The van der Waals surface area contributed by atoms with Crippen LogP contribution in [0.1, 0.15) is 23.1 Å². The number of nitrogens with zero attached hydrogens (tertiary/aromatic N) is 2. The van der Waals surface area contributed by atoms with E-state index < -0.39 is 6.10 Å². The second-order valence-electron chi connectivity index (χ2n) is 3.81. The number of aromatic nitrogens is 2. The number of hydrogen-bond donors (Lipinski definition) is 2. The van der Waals surface area contributed by atoms with Gasteiger partial charge in [0.25, 0.3) is 0 Å². The van der Waals surface area contributed by atoms with Gasteiger partial charge in [-0.15, -0.1) is 10.2 Å². The third kappa shape index (κ3) is 3.35. The third-order valence-corrected chi connectivity index (χ3v) is 3.09. The Morgan fingerprint density at radius 3 is 2.72 bits per heavy atom. The number of anilines is 1. The molecule has 0 fully saturated rings. The Bertz CT molecular complexity index is 527. The van der Waals surface area contributed by atoms with Crippen molar-refractivity contribution in [2.45, 2.75) is 19.4 Å². The molecule has 1 amide bonds. The minimum atomic E-state index is -0.805. The molecular formula is C12H13N3O2S. The molecule has 0 aliphatic heterocycles. The lowest BCUT2D eigenvalue weighted by Gasteiger charge is -2.09. The first-order valence-corrected chi connectivity index (χ1v) is 6.30. The number of aryl methyl sites for hydroxylation is 1. The van der Waals surface area contributed by atoms with Gasteiger partial charge in [0.2, 0.25) is 11.0 Å². The van der Waals surface area contributed by atoms with Crippen LogP contribution in [0.5, 0.6) is 0 Å². The monoisotopic (exact) mass is 263 g/mol. The molecule has 6 heteroatoms. The smallest absolute Gasteiger partial charge is 0.229 e. The molecule has 2 N–H and O–H groups in total. The van der Waals surface area contributed by atoms with Gasteiger partial charge in [-0.25, -0.2) is 0 Å². The predicted molar refractivity (Wildman–Crippen MR) is 69.3 cm³/mol. The van der Waals surface area contributed by atoms with E-state index in [4.69, 9.17) is 0 Å². The van der Waals surface area contributed by atoms with Gasteiger partial charge in [0.05, 0.1) is 12.5 Å². The molecule has 1 atom stereocenters. The maximum Gasteiger partial charge on any atom is 0.229 e. The number of aliphatic hydroxyl groups is 1. The topological polar surface area (TPSA) is 75.1 Å². The standard InChI is InChI=1S/C12H13N3O2S/c1-8-14-15-12(18-8)13-11(17)7-10(16)9-5-3-2-4-6-9/h2-6,10,16H,7H2,1H3,(H,13,15,17). The second-order valence-corrected chi connectivity index (χ2v) is 4.99. The highest BCUT2D eigenvalue weighted by molar-refractivity contribution is 7.15. The van der Waals surface area contributed by atoms with E-state index in [1.165, 1.54) is 11.3 Å². The predicted octanol–water partition coefficient (Wildman–Crippen LogP) is 1.91. The number of hydrogen-bond acceptors (Lipinski definition) is 5. The van der Waals surface area contributed by atoms with Gasteiger partial charge >= 0.3 is 0 Å². The largest absolute Gasteiger partial charge is 0.388 e. The van der Waals surface area contributed by atoms with Crippen molar-refractivity contribution in [3.05, 3.63) is 40.9 Å². The van der Waals surface area contributed by atoms with E-state index in [9.17, 15) is 9.90 Å². The van der Waals surface area contributed by atoms with E-state index in [0.717, 1.165) is 10.6 Å². The van der Waals surface area contributed by atoms with Gasteiger partial charge in [0.15, 0.2) is 0 Å². The van der Waals surface area contributed by atoms with Crippen molar-refractivity contribution in [2.75, 3.05) is 5.32 Å². The Kier molecular flexibility index (Phi) is 4.01. The minimum Gasteiger partial charge on any atom is -0.388 e. The number of aliphatic hydroxyl groups excluding tert-OH is 1. The summed E-state index contributed by atoms with van der Waals surface area (Å²) in [6, 6.07) is 9.08. The molecule has 0 aliphatic rings. The zero-order valence-corrected chi connectivity index (χ0v) is 10.6. The number of carbonyl (C=O) groups is 1. The van der Waals surface area contributed by atoms with Crippen molar-refractivity contribution in [3.63, 3.8) is 0 Å². The minimum absolute atomic E-state index is 0.00262. The van der Waals surface area contributed by atoms with E-state index in [0.29, 0.717) is 5.13 Å². The first-order chi connectivity index (χ1) is 8.65. The molecule has 0 radical (unpaired) electrons. The zero-order valence-electron chi connectivity index (χ0n) is 9.83. The Morgan fingerprint density at radius 2 is 2.11 bits per heavy atom. The summed E-state index contributed by atoms with van der Waals surface area (Å²) in [5.74, 6) is -0.275. The van der Waals surface area contributed by atoms with Crippen LogP contribution in [-0.4, -0.2) is 21.2 Å². The fourth-order valence-corrected chi connectivity index (χ4v) is 2.09. The number of carbonyl (C=O) groups excluding carboxylic acids is 1. The molecule has 1 unspecified atom stereocenters. The van der Waals surface area contributed by atoms with E-state index in [1.807, 2.05) is 25.1 Å². The van der Waals surface area contributed by atoms with Gasteiger partial charge in [-0.3, -0.25) is 4.79 Å². The third-order valence-electron chi connectivity index (χ3n) is 2.34. The molecule has 1 heterocycles. The fraction of sp³-hybridized carbons (Fsp3) is 0.250. The lowest BCUT2D eigenvalue weighted by atomic mass is 10.1. The molecule has 2 rings (SSSR count). The van der Waals surface area contributed by atoms with E-state index >= 15 is 0 Å². The average molecular weight is 263 g/mol. The first-order valence-electron chi connectivity index (χ1n) is 5.48. The molecule has 0 spiro atoms. The van der Waals surface area contributed by atoms with Crippen molar-refractivity contribution in [1.29, 1.82) is 0 Å². The van der Waals surface area contributed by atoms with Crippen LogP contribution in [0, 0.1) is 6.92 Å². The molecule has 2 aromatic rings. The van der Waals surface area contributed by atoms with Crippen LogP contribution in [0.4, 0.5) is 5.13 Å². The second kappa shape index (κ2) is 5.70. The highest BCUT2D eigenvalue weighted by Crippen LogP contribution is 2.18. The van der Waals surface area contributed by atoms with Gasteiger partial charge in [-0.05, 0) is 12.5 Å². The summed E-state index contributed by atoms with van der Waals surface area (Å²) in [6.07, 6.45) is -0.803. The zero-order chi connectivity index (χ0) is 13.0. The van der Waals surface area contributed by atoms with Crippen LogP contribution >= 0.6 is 11.3 Å². The molecule has 94 valence electrons. The van der Waals surface area contributed by atoms with E-state index in [-0.39, 0.29) is 12.3 Å². The first kappa shape index (κ1) is 12.7. The highest BCUT2D eigenvalue weighted by atomic mass is 32.1. The van der Waals surface area contributed by atoms with Gasteiger partial charge in [-0.2, -0.15) is 0 Å². The molecule has 5 nitrogen and oxygen atoms in total. The Balaban J connectivity index is 1.92. The summed E-state index contributed by atoms with van der Waals surface area (Å²) in [6.45, 7) is 1.81. The molecule has 18 heavy (non-hydrogen) atoms. The molecule has 1 aromatic heterocycles. The summed E-state index contributed by atoms with van der Waals surface area (Å²) in [4.78, 5) is 11.7. The number of amides is 1. The van der Waals surface area contributed by atoms with Crippen molar-refractivity contribution in [2.24, 2.45) is 0 Å². The average Bonchev–Trinajstić information content (AvgIpc) is 2.75. The molecule has 0 bridgehead atoms. The van der Waals surface area contributed by atoms with Crippen LogP contribution in [0.15, 0.2) is 30.3 Å². The van der Waals surface area contributed by atoms with Crippen LogP contribution in [0.3, 0.4) is 0 Å². The summed E-state index contributed by atoms with van der Waals surface area (Å²) >= 11 is 1.30. The summed E-state index contributed by atoms with van der Waals surface area (Å²) in [5.41, 5.74) is 0.723. The number of nitrogens with one attached hydrogen (secondary N) is 1. The van der Waals surface area contributed by atoms with Crippen LogP contribution in [0.2, 0.25) is 0 Å². The van der Waals surface area contributed by atoms with Gasteiger partial charge in [0, 0.05) is 0 Å². The highest BCUT2D eigenvalue weighted by Gasteiger charge is 2.14. The van der Waals surface area contributed by atoms with E-state index in [1.54, 1.807) is 12.1 Å². The van der Waals surface area contributed by atoms with Crippen molar-refractivity contribution in [3.8, 4) is 0 Å². The fourth-order valence-electron chi connectivity index (χ4n) is 1.49. The van der Waals surface area contributed by atoms with E-state index in [2.05, 4.69) is 15.5 Å². The molecular weight excluding hydrogens is 250 g/mol. The lowest BCUT2D eigenvalue weighted by molar-refractivity contribution is -0.118. The molecule has 0 aliphatic carbocycles.